The third-order valence-electron chi connectivity index (χ3n) is 15.7. The molecule has 326 valence electrons. The van der Waals surface area contributed by atoms with Crippen LogP contribution in [0.5, 0.6) is 0 Å². The highest BCUT2D eigenvalue weighted by Gasteiger charge is 2.47. The Hall–Kier alpha value is -7.04. The van der Waals surface area contributed by atoms with Gasteiger partial charge in [0.05, 0.1) is 5.69 Å². The number of hydrogen-bond acceptors (Lipinski definition) is 2. The van der Waals surface area contributed by atoms with E-state index in [0.29, 0.717) is 0 Å². The van der Waals surface area contributed by atoms with Crippen LogP contribution in [0.1, 0.15) is 106 Å². The highest BCUT2D eigenvalue weighted by atomic mass is 16.3. The van der Waals surface area contributed by atoms with E-state index in [1.54, 1.807) is 0 Å². The minimum atomic E-state index is -0.145. The molecule has 0 radical (unpaired) electrons. The summed E-state index contributed by atoms with van der Waals surface area (Å²) >= 11 is 0. The molecule has 0 fully saturated rings. The van der Waals surface area contributed by atoms with E-state index in [9.17, 15) is 0 Å². The summed E-state index contributed by atoms with van der Waals surface area (Å²) in [5.74, 6) is -0.0777. The first-order valence-corrected chi connectivity index (χ1v) is 24.2. The fourth-order valence-corrected chi connectivity index (χ4v) is 12.5. The second-order valence-corrected chi connectivity index (χ2v) is 22.2. The zero-order chi connectivity index (χ0) is 45.9. The van der Waals surface area contributed by atoms with Gasteiger partial charge in [-0.2, -0.15) is 0 Å². The van der Waals surface area contributed by atoms with Crippen LogP contribution in [-0.2, 0) is 16.2 Å². The first-order valence-electron chi connectivity index (χ1n) is 24.2. The first-order chi connectivity index (χ1) is 32.2. The lowest BCUT2D eigenvalue weighted by Gasteiger charge is -2.39. The smallest absolute Gasteiger partial charge is 0.247 e. The van der Waals surface area contributed by atoms with Crippen molar-refractivity contribution in [2.24, 2.45) is 0 Å². The van der Waals surface area contributed by atoms with Crippen LogP contribution in [0.2, 0.25) is 0 Å². The van der Waals surface area contributed by atoms with E-state index in [1.165, 1.54) is 94.1 Å². The molecule has 1 aliphatic carbocycles. The topological polar surface area (TPSA) is 21.3 Å². The van der Waals surface area contributed by atoms with Crippen LogP contribution in [0, 0.1) is 6.92 Å². The van der Waals surface area contributed by atoms with Gasteiger partial charge in [-0.15, -0.1) is 0 Å². The van der Waals surface area contributed by atoms with E-state index >= 15 is 0 Å². The highest BCUT2D eigenvalue weighted by molar-refractivity contribution is 6.99. The van der Waals surface area contributed by atoms with Crippen molar-refractivity contribution in [3.05, 3.63) is 208 Å². The van der Waals surface area contributed by atoms with Gasteiger partial charge in [-0.3, -0.25) is 0 Å². The van der Waals surface area contributed by atoms with Crippen molar-refractivity contribution in [3.8, 4) is 16.9 Å². The third kappa shape index (κ3) is 5.65. The summed E-state index contributed by atoms with van der Waals surface area (Å²) in [4.78, 5) is 2.47. The van der Waals surface area contributed by atoms with Gasteiger partial charge in [-0.1, -0.05) is 170 Å². The number of hydrogen-bond donors (Lipinski definition) is 0. The van der Waals surface area contributed by atoms with E-state index in [2.05, 4.69) is 236 Å². The Kier molecular flexibility index (Phi) is 8.27. The predicted octanol–water partition coefficient (Wildman–Crippen LogP) is 14.5. The molecule has 0 saturated heterocycles. The van der Waals surface area contributed by atoms with E-state index in [-0.39, 0.29) is 28.9 Å². The number of rotatable bonds is 4. The second-order valence-electron chi connectivity index (χ2n) is 22.2. The van der Waals surface area contributed by atoms with Gasteiger partial charge in [-0.05, 0) is 128 Å². The van der Waals surface area contributed by atoms with Gasteiger partial charge in [0, 0.05) is 61.3 Å². The number of para-hydroxylation sites is 2. The monoisotopic (exact) mass is 866 g/mol. The van der Waals surface area contributed by atoms with Gasteiger partial charge in [0.1, 0.15) is 11.2 Å². The zero-order valence-corrected chi connectivity index (χ0v) is 40.0. The van der Waals surface area contributed by atoms with Crippen LogP contribution in [0.25, 0.3) is 49.8 Å². The molecule has 2 aliphatic heterocycles. The van der Waals surface area contributed by atoms with Crippen molar-refractivity contribution >= 4 is 73.0 Å². The normalized spacial score (nSPS) is 15.5. The fraction of sp³-hybridized carbons (Fsp3) is 0.206. The average molecular weight is 867 g/mol. The number of benzene rings is 8. The first kappa shape index (κ1) is 40.3. The maximum Gasteiger partial charge on any atom is 0.247 e. The molecule has 0 N–H and O–H groups in total. The maximum atomic E-state index is 6.67. The Morgan fingerprint density at radius 1 is 0.567 bits per heavy atom. The van der Waals surface area contributed by atoms with Crippen molar-refractivity contribution in [3.63, 3.8) is 0 Å². The molecule has 3 nitrogen and oxygen atoms in total. The van der Waals surface area contributed by atoms with Gasteiger partial charge in [0.2, 0.25) is 6.71 Å². The molecule has 0 saturated carbocycles. The SMILES string of the molecule is Cc1cc2c3c(c1)-n1c4c(c5cccc(c51)B3c1ccc(N(c3ccc(C(C)(C)C)cc3)c3ccc(C(C)(C)C)cc3)cc1C2c1cccc2oc3ccccc3c12)C(C)(C)c1ccccc1-4. The lowest BCUT2D eigenvalue weighted by molar-refractivity contribution is 0.590. The lowest BCUT2D eigenvalue weighted by Crippen LogP contribution is -2.61. The molecule has 2 aromatic heterocycles. The minimum Gasteiger partial charge on any atom is -0.456 e. The summed E-state index contributed by atoms with van der Waals surface area (Å²) in [5.41, 5.74) is 25.4. The molecule has 0 spiro atoms. The van der Waals surface area contributed by atoms with Crippen LogP contribution < -0.4 is 21.3 Å². The minimum absolute atomic E-state index is 0.0429. The summed E-state index contributed by atoms with van der Waals surface area (Å²) in [6.45, 7) is 20.9. The summed E-state index contributed by atoms with van der Waals surface area (Å²) in [6.07, 6.45) is 0. The largest absolute Gasteiger partial charge is 0.456 e. The predicted molar refractivity (Wildman–Crippen MR) is 283 cm³/mol. The van der Waals surface area contributed by atoms with Crippen LogP contribution in [0.4, 0.5) is 17.1 Å². The average Bonchev–Trinajstić information content (AvgIpc) is 3.95. The fourth-order valence-electron chi connectivity index (χ4n) is 12.5. The standard InChI is InChI=1S/C63H55BN2O/c1-37-34-48-55(45-18-15-23-54-56(45)44-17-11-13-22-53(44)67-54)47-36-42(65(40-28-24-38(25-29-40)61(2,3)4)41-30-26-39(27-31-41)62(5,6)7)32-33-50(47)64-51-21-14-19-46-57-60(66(59(46)51)52(35-37)58(48)64)43-16-10-12-20-49(43)63(57,8)9/h10-36,55H,1-9H3. The van der Waals surface area contributed by atoms with Crippen LogP contribution in [-0.4, -0.2) is 11.3 Å². The second kappa shape index (κ2) is 13.8. The molecular weight excluding hydrogens is 812 g/mol. The van der Waals surface area contributed by atoms with Gasteiger partial charge >= 0.3 is 0 Å². The van der Waals surface area contributed by atoms with Crippen LogP contribution in [0.15, 0.2) is 168 Å². The molecule has 67 heavy (non-hydrogen) atoms. The zero-order valence-electron chi connectivity index (χ0n) is 40.0. The molecule has 13 rings (SSSR count). The Morgan fingerprint density at radius 2 is 1.19 bits per heavy atom. The Morgan fingerprint density at radius 3 is 1.91 bits per heavy atom. The molecular formula is C63H55BN2O. The molecule has 3 aliphatic rings. The highest BCUT2D eigenvalue weighted by Crippen LogP contribution is 2.55. The van der Waals surface area contributed by atoms with Crippen molar-refractivity contribution in [1.29, 1.82) is 0 Å². The number of aryl methyl sites for hydroxylation is 1. The van der Waals surface area contributed by atoms with Crippen molar-refractivity contribution in [2.75, 3.05) is 4.90 Å². The molecule has 0 amide bonds. The molecule has 4 heteroatoms. The van der Waals surface area contributed by atoms with E-state index in [0.717, 1.165) is 33.6 Å². The van der Waals surface area contributed by atoms with Crippen molar-refractivity contribution in [2.45, 2.75) is 84.5 Å². The van der Waals surface area contributed by atoms with E-state index in [4.69, 9.17) is 4.42 Å². The number of anilines is 3. The molecule has 10 aromatic rings. The molecule has 0 bridgehead atoms. The quantitative estimate of drug-likeness (QED) is 0.164. The summed E-state index contributed by atoms with van der Waals surface area (Å²) < 4.78 is 9.34. The van der Waals surface area contributed by atoms with Crippen molar-refractivity contribution in [1.82, 2.24) is 4.57 Å². The van der Waals surface area contributed by atoms with Crippen LogP contribution >= 0.6 is 0 Å². The molecule has 1 unspecified atom stereocenters. The molecule has 8 aromatic carbocycles. The third-order valence-corrected chi connectivity index (χ3v) is 15.7. The van der Waals surface area contributed by atoms with Gasteiger partial charge in [0.25, 0.3) is 0 Å². The number of fused-ring (bicyclic) bond motifs is 12. The molecule has 4 heterocycles. The van der Waals surface area contributed by atoms with E-state index in [1.807, 2.05) is 0 Å². The van der Waals surface area contributed by atoms with Gasteiger partial charge in [-0.25, -0.2) is 0 Å². The Balaban J connectivity index is 1.12. The molecule has 1 atom stereocenters. The van der Waals surface area contributed by atoms with Crippen molar-refractivity contribution < 1.29 is 4.42 Å². The number of nitrogens with zero attached hydrogens (tertiary/aromatic N) is 2. The lowest BCUT2D eigenvalue weighted by atomic mass is 9.31. The summed E-state index contributed by atoms with van der Waals surface area (Å²) in [5, 5.41) is 3.71. The van der Waals surface area contributed by atoms with Gasteiger partial charge in [0.15, 0.2) is 0 Å². The maximum absolute atomic E-state index is 6.67. The van der Waals surface area contributed by atoms with E-state index < -0.39 is 0 Å². The van der Waals surface area contributed by atoms with Gasteiger partial charge < -0.3 is 13.9 Å². The van der Waals surface area contributed by atoms with Crippen LogP contribution in [0.3, 0.4) is 0 Å². The summed E-state index contributed by atoms with van der Waals surface area (Å²) in [6, 6.07) is 62.4. The number of furan rings is 1. The Bertz CT molecular complexity index is 3640. The Labute approximate surface area is 394 Å². The summed E-state index contributed by atoms with van der Waals surface area (Å²) in [7, 11) is 0. The number of aromatic nitrogens is 1.